The molecule has 1 saturated carbocycles. The first-order chi connectivity index (χ1) is 16.8. The van der Waals surface area contributed by atoms with Crippen molar-refractivity contribution >= 4 is 22.5 Å². The summed E-state index contributed by atoms with van der Waals surface area (Å²) in [4.78, 5) is 16.9. The number of carbonyl (C=O) groups is 1. The Bertz CT molecular complexity index is 1360. The highest BCUT2D eigenvalue weighted by Crippen LogP contribution is 2.50. The molecule has 0 unspecified atom stereocenters. The first-order valence-electron chi connectivity index (χ1n) is 12.1. The number of anilines is 1. The van der Waals surface area contributed by atoms with E-state index >= 15 is 0 Å². The average molecular weight is 469 g/mol. The summed E-state index contributed by atoms with van der Waals surface area (Å²) in [6.07, 6.45) is 1.62. The predicted molar refractivity (Wildman–Crippen MR) is 140 cm³/mol. The van der Waals surface area contributed by atoms with E-state index < -0.39 is 5.41 Å². The third-order valence-electron chi connectivity index (χ3n) is 6.82. The predicted octanol–water partition coefficient (Wildman–Crippen LogP) is 6.72. The normalized spacial score (nSPS) is 14.5. The van der Waals surface area contributed by atoms with Crippen molar-refractivity contribution in [1.82, 2.24) is 4.98 Å². The summed E-state index contributed by atoms with van der Waals surface area (Å²) in [5, 5.41) is 4.26. The lowest BCUT2D eigenvalue weighted by atomic mass is 9.92. The second kappa shape index (κ2) is 8.81. The van der Waals surface area contributed by atoms with Crippen LogP contribution in [0, 0.1) is 0 Å². The van der Waals surface area contributed by atoms with Crippen molar-refractivity contribution in [3.05, 3.63) is 89.6 Å². The third-order valence-corrected chi connectivity index (χ3v) is 6.82. The Labute approximate surface area is 206 Å². The van der Waals surface area contributed by atoms with E-state index in [1.807, 2.05) is 66.7 Å². The average Bonchev–Trinajstić information content (AvgIpc) is 3.55. The Hall–Kier alpha value is -3.73. The van der Waals surface area contributed by atoms with Crippen molar-refractivity contribution in [2.45, 2.75) is 51.0 Å². The van der Waals surface area contributed by atoms with Crippen LogP contribution in [0.3, 0.4) is 0 Å². The minimum atomic E-state index is -0.541. The van der Waals surface area contributed by atoms with Gasteiger partial charge in [0.25, 0.3) is 0 Å². The standard InChI is InChI=1S/C30H32N2O3/c1-29(2,3)27-17-21-16-23(11-12-24(21)32-27)31-28(33)30(14-15-30)22-10-13-25(34-4)26(18-22)35-19-20-8-6-5-7-9-20/h5-13,16-18,32H,14-15,19H2,1-4H3,(H,31,33). The van der Waals surface area contributed by atoms with E-state index in [1.165, 1.54) is 5.69 Å². The molecular formula is C30H32N2O3. The van der Waals surface area contributed by atoms with E-state index in [0.717, 1.165) is 40.6 Å². The summed E-state index contributed by atoms with van der Waals surface area (Å²) in [5.74, 6) is 1.33. The number of hydrogen-bond acceptors (Lipinski definition) is 3. The lowest BCUT2D eigenvalue weighted by Crippen LogP contribution is -2.27. The second-order valence-corrected chi connectivity index (χ2v) is 10.4. The molecule has 0 saturated heterocycles. The maximum Gasteiger partial charge on any atom is 0.235 e. The fraction of sp³-hybridized carbons (Fsp3) is 0.300. The minimum Gasteiger partial charge on any atom is -0.493 e. The van der Waals surface area contributed by atoms with E-state index in [4.69, 9.17) is 9.47 Å². The fourth-order valence-electron chi connectivity index (χ4n) is 4.46. The van der Waals surface area contributed by atoms with Gasteiger partial charge in [0.2, 0.25) is 5.91 Å². The van der Waals surface area contributed by atoms with Gasteiger partial charge in [0.05, 0.1) is 12.5 Å². The number of methoxy groups -OCH3 is 1. The minimum absolute atomic E-state index is 0.0163. The third kappa shape index (κ3) is 4.63. The zero-order chi connectivity index (χ0) is 24.6. The molecule has 0 aliphatic heterocycles. The summed E-state index contributed by atoms with van der Waals surface area (Å²) in [5.41, 5.74) is 4.59. The molecule has 1 aliphatic carbocycles. The molecule has 1 heterocycles. The van der Waals surface area contributed by atoms with Gasteiger partial charge in [-0.05, 0) is 60.4 Å². The number of rotatable bonds is 7. The summed E-state index contributed by atoms with van der Waals surface area (Å²) in [6.45, 7) is 6.99. The number of hydrogen-bond donors (Lipinski definition) is 2. The van der Waals surface area contributed by atoms with Crippen LogP contribution in [0.2, 0.25) is 0 Å². The monoisotopic (exact) mass is 468 g/mol. The van der Waals surface area contributed by atoms with Crippen molar-refractivity contribution in [3.63, 3.8) is 0 Å². The number of H-pyrrole nitrogens is 1. The Morgan fingerprint density at radius 1 is 0.971 bits per heavy atom. The Morgan fingerprint density at radius 2 is 1.74 bits per heavy atom. The van der Waals surface area contributed by atoms with Crippen LogP contribution in [-0.2, 0) is 22.2 Å². The summed E-state index contributed by atoms with van der Waals surface area (Å²) in [6, 6.07) is 24.0. The SMILES string of the molecule is COc1ccc(C2(C(=O)Nc3ccc4[nH]c(C(C)(C)C)cc4c3)CC2)cc1OCc1ccccc1. The zero-order valence-electron chi connectivity index (χ0n) is 20.8. The highest BCUT2D eigenvalue weighted by Gasteiger charge is 2.51. The highest BCUT2D eigenvalue weighted by molar-refractivity contribution is 6.02. The van der Waals surface area contributed by atoms with Gasteiger partial charge in [-0.2, -0.15) is 0 Å². The molecule has 35 heavy (non-hydrogen) atoms. The molecular weight excluding hydrogens is 436 g/mol. The topological polar surface area (TPSA) is 63.3 Å². The van der Waals surface area contributed by atoms with Crippen LogP contribution in [0.5, 0.6) is 11.5 Å². The lowest BCUT2D eigenvalue weighted by Gasteiger charge is -2.18. The maximum absolute atomic E-state index is 13.5. The van der Waals surface area contributed by atoms with E-state index in [2.05, 4.69) is 37.1 Å². The zero-order valence-corrected chi connectivity index (χ0v) is 20.8. The molecule has 0 radical (unpaired) electrons. The number of fused-ring (bicyclic) bond motifs is 1. The highest BCUT2D eigenvalue weighted by atomic mass is 16.5. The van der Waals surface area contributed by atoms with Gasteiger partial charge in [0.1, 0.15) is 6.61 Å². The van der Waals surface area contributed by atoms with Crippen molar-refractivity contribution < 1.29 is 14.3 Å². The van der Waals surface area contributed by atoms with E-state index in [0.29, 0.717) is 18.1 Å². The van der Waals surface area contributed by atoms with E-state index in [1.54, 1.807) is 7.11 Å². The quantitative estimate of drug-likeness (QED) is 0.316. The molecule has 5 rings (SSSR count). The Kier molecular flexibility index (Phi) is 5.79. The number of nitrogens with one attached hydrogen (secondary N) is 2. The first kappa shape index (κ1) is 23.0. The van der Waals surface area contributed by atoms with Crippen LogP contribution in [0.15, 0.2) is 72.8 Å². The van der Waals surface area contributed by atoms with Crippen LogP contribution in [0.25, 0.3) is 10.9 Å². The molecule has 0 spiro atoms. The maximum atomic E-state index is 13.5. The number of aromatic nitrogens is 1. The second-order valence-electron chi connectivity index (χ2n) is 10.4. The van der Waals surface area contributed by atoms with Gasteiger partial charge < -0.3 is 19.8 Å². The smallest absolute Gasteiger partial charge is 0.235 e. The lowest BCUT2D eigenvalue weighted by molar-refractivity contribution is -0.118. The Morgan fingerprint density at radius 3 is 2.43 bits per heavy atom. The van der Waals surface area contributed by atoms with Crippen LogP contribution >= 0.6 is 0 Å². The van der Waals surface area contributed by atoms with Gasteiger partial charge in [-0.25, -0.2) is 0 Å². The largest absolute Gasteiger partial charge is 0.493 e. The number of carbonyl (C=O) groups excluding carboxylic acids is 1. The molecule has 4 aromatic rings. The van der Waals surface area contributed by atoms with Gasteiger partial charge in [0.15, 0.2) is 11.5 Å². The molecule has 3 aromatic carbocycles. The molecule has 1 aromatic heterocycles. The molecule has 0 bridgehead atoms. The molecule has 180 valence electrons. The molecule has 1 aliphatic rings. The van der Waals surface area contributed by atoms with E-state index in [-0.39, 0.29) is 11.3 Å². The summed E-state index contributed by atoms with van der Waals surface area (Å²) < 4.78 is 11.6. The van der Waals surface area contributed by atoms with Crippen LogP contribution in [0.1, 0.15) is 50.4 Å². The van der Waals surface area contributed by atoms with Crippen molar-refractivity contribution in [1.29, 1.82) is 0 Å². The molecule has 1 amide bonds. The summed E-state index contributed by atoms with van der Waals surface area (Å²) in [7, 11) is 1.63. The number of ether oxygens (including phenoxy) is 2. The van der Waals surface area contributed by atoms with Gasteiger partial charge in [-0.3, -0.25) is 4.79 Å². The van der Waals surface area contributed by atoms with Crippen molar-refractivity contribution in [2.75, 3.05) is 12.4 Å². The number of aromatic amines is 1. The molecule has 1 fully saturated rings. The number of benzene rings is 3. The van der Waals surface area contributed by atoms with Gasteiger partial charge in [-0.1, -0.05) is 57.2 Å². The summed E-state index contributed by atoms with van der Waals surface area (Å²) >= 11 is 0. The van der Waals surface area contributed by atoms with Crippen LogP contribution in [0.4, 0.5) is 5.69 Å². The number of amides is 1. The van der Waals surface area contributed by atoms with Crippen LogP contribution in [-0.4, -0.2) is 18.0 Å². The van der Waals surface area contributed by atoms with Gasteiger partial charge in [0, 0.05) is 27.7 Å². The van der Waals surface area contributed by atoms with Crippen molar-refractivity contribution in [2.24, 2.45) is 0 Å². The van der Waals surface area contributed by atoms with E-state index in [9.17, 15) is 4.79 Å². The van der Waals surface area contributed by atoms with Crippen molar-refractivity contribution in [3.8, 4) is 11.5 Å². The van der Waals surface area contributed by atoms with Crippen LogP contribution < -0.4 is 14.8 Å². The first-order valence-corrected chi connectivity index (χ1v) is 12.1. The molecule has 0 atom stereocenters. The fourth-order valence-corrected chi connectivity index (χ4v) is 4.46. The molecule has 2 N–H and O–H groups in total. The molecule has 5 heteroatoms. The Balaban J connectivity index is 1.36. The van der Waals surface area contributed by atoms with Gasteiger partial charge >= 0.3 is 0 Å². The molecule has 5 nitrogen and oxygen atoms in total. The van der Waals surface area contributed by atoms with Gasteiger partial charge in [-0.15, -0.1) is 0 Å².